The molecule has 0 aliphatic heterocycles. The second-order valence-electron chi connectivity index (χ2n) is 9.59. The largest absolute Gasteiger partial charge is 0.414 e. The summed E-state index contributed by atoms with van der Waals surface area (Å²) in [5.74, 6) is 1.25. The summed E-state index contributed by atoms with van der Waals surface area (Å²) in [6.45, 7) is 18.0. The Morgan fingerprint density at radius 2 is 1.78 bits per heavy atom. The summed E-state index contributed by atoms with van der Waals surface area (Å²) < 4.78 is 8.54. The maximum absolute atomic E-state index is 6.59. The summed E-state index contributed by atoms with van der Waals surface area (Å²) in [4.78, 5) is 0. The van der Waals surface area contributed by atoms with Crippen molar-refractivity contribution in [1.29, 1.82) is 0 Å². The van der Waals surface area contributed by atoms with E-state index in [2.05, 4.69) is 60.7 Å². The van der Waals surface area contributed by atoms with Crippen molar-refractivity contribution in [1.82, 2.24) is 9.78 Å². The molecule has 1 fully saturated rings. The van der Waals surface area contributed by atoms with Gasteiger partial charge in [-0.25, -0.2) is 4.68 Å². The minimum absolute atomic E-state index is 0.0714. The third-order valence-corrected chi connectivity index (χ3v) is 10.00. The molecule has 1 aliphatic rings. The molecule has 23 heavy (non-hydrogen) atoms. The number of nitrogens with two attached hydrogens (primary N) is 1. The van der Waals surface area contributed by atoms with Gasteiger partial charge in [0.2, 0.25) is 0 Å². The lowest BCUT2D eigenvalue weighted by molar-refractivity contribution is 0.186. The van der Waals surface area contributed by atoms with E-state index in [-0.39, 0.29) is 10.6 Å². The topological polar surface area (TPSA) is 53.1 Å². The molecule has 1 aromatic rings. The molecule has 1 heterocycles. The number of hydrogen-bond donors (Lipinski definition) is 1. The average Bonchev–Trinajstić information content (AvgIpc) is 2.92. The molecule has 0 amide bonds. The van der Waals surface area contributed by atoms with Gasteiger partial charge in [0.25, 0.3) is 0 Å². The quantitative estimate of drug-likeness (QED) is 0.800. The first-order valence-corrected chi connectivity index (χ1v) is 11.8. The summed E-state index contributed by atoms with van der Waals surface area (Å²) in [6, 6.07) is 2.06. The maximum atomic E-state index is 6.59. The first kappa shape index (κ1) is 18.5. The van der Waals surface area contributed by atoms with Crippen LogP contribution in [0.3, 0.4) is 0 Å². The van der Waals surface area contributed by atoms with Crippen LogP contribution in [0.5, 0.6) is 0 Å². The van der Waals surface area contributed by atoms with Crippen LogP contribution in [-0.2, 0) is 9.96 Å². The Morgan fingerprint density at radius 1 is 1.17 bits per heavy atom. The van der Waals surface area contributed by atoms with Crippen LogP contribution >= 0.6 is 0 Å². The van der Waals surface area contributed by atoms with Crippen molar-refractivity contribution in [2.24, 2.45) is 0 Å². The molecule has 2 atom stereocenters. The van der Waals surface area contributed by atoms with Crippen molar-refractivity contribution in [2.75, 3.05) is 5.73 Å². The van der Waals surface area contributed by atoms with E-state index in [1.165, 1.54) is 0 Å². The molecule has 5 heteroatoms. The highest BCUT2D eigenvalue weighted by Crippen LogP contribution is 2.42. The fourth-order valence-corrected chi connectivity index (χ4v) is 4.46. The van der Waals surface area contributed by atoms with Gasteiger partial charge in [0.1, 0.15) is 5.82 Å². The second kappa shape index (κ2) is 5.92. The summed E-state index contributed by atoms with van der Waals surface area (Å²) >= 11 is 0. The number of anilines is 1. The maximum Gasteiger partial charge on any atom is 0.192 e. The monoisotopic (exact) mass is 337 g/mol. The Morgan fingerprint density at radius 3 is 2.26 bits per heavy atom. The van der Waals surface area contributed by atoms with Crippen LogP contribution in [0.15, 0.2) is 6.07 Å². The van der Waals surface area contributed by atoms with E-state index < -0.39 is 8.32 Å². The van der Waals surface area contributed by atoms with Crippen molar-refractivity contribution < 1.29 is 4.43 Å². The van der Waals surface area contributed by atoms with Crippen LogP contribution in [0, 0.1) is 0 Å². The Kier molecular flexibility index (Phi) is 4.77. The fourth-order valence-electron chi connectivity index (χ4n) is 3.06. The molecule has 2 N–H and O–H groups in total. The van der Waals surface area contributed by atoms with Crippen LogP contribution in [0.4, 0.5) is 5.82 Å². The van der Waals surface area contributed by atoms with E-state index in [0.717, 1.165) is 30.8 Å². The van der Waals surface area contributed by atoms with E-state index in [1.807, 2.05) is 4.68 Å². The van der Waals surface area contributed by atoms with E-state index >= 15 is 0 Å². The summed E-state index contributed by atoms with van der Waals surface area (Å²) in [7, 11) is -1.69. The minimum atomic E-state index is -1.69. The van der Waals surface area contributed by atoms with Gasteiger partial charge in [-0.2, -0.15) is 5.10 Å². The first-order chi connectivity index (χ1) is 10.3. The summed E-state index contributed by atoms with van der Waals surface area (Å²) in [5, 5.41) is 5.06. The van der Waals surface area contributed by atoms with Crippen LogP contribution < -0.4 is 5.73 Å². The Hall–Kier alpha value is -0.813. The Balaban J connectivity index is 2.07. The smallest absolute Gasteiger partial charge is 0.192 e. The van der Waals surface area contributed by atoms with Crippen molar-refractivity contribution in [2.45, 2.75) is 96.5 Å². The van der Waals surface area contributed by atoms with E-state index in [9.17, 15) is 0 Å². The van der Waals surface area contributed by atoms with Gasteiger partial charge in [0, 0.05) is 18.1 Å². The highest BCUT2D eigenvalue weighted by Gasteiger charge is 2.41. The van der Waals surface area contributed by atoms with Crippen molar-refractivity contribution >= 4 is 14.1 Å². The lowest BCUT2D eigenvalue weighted by Gasteiger charge is -2.38. The number of nitrogens with zero attached hydrogens (tertiary/aromatic N) is 2. The zero-order valence-electron chi connectivity index (χ0n) is 16.2. The molecule has 132 valence electrons. The predicted molar refractivity (Wildman–Crippen MR) is 100 cm³/mol. The zero-order chi connectivity index (χ0) is 17.6. The summed E-state index contributed by atoms with van der Waals surface area (Å²) in [6.07, 6.45) is 3.74. The molecular weight excluding hydrogens is 302 g/mol. The molecule has 0 bridgehead atoms. The third kappa shape index (κ3) is 3.99. The molecule has 0 radical (unpaired) electrons. The molecule has 2 unspecified atom stereocenters. The molecule has 1 saturated carbocycles. The molecule has 2 rings (SSSR count). The van der Waals surface area contributed by atoms with Gasteiger partial charge in [-0.3, -0.25) is 0 Å². The number of rotatable bonds is 3. The predicted octanol–water partition coefficient (Wildman–Crippen LogP) is 4.88. The van der Waals surface area contributed by atoms with Crippen molar-refractivity contribution in [3.8, 4) is 0 Å². The van der Waals surface area contributed by atoms with E-state index in [1.54, 1.807) is 0 Å². The van der Waals surface area contributed by atoms with Gasteiger partial charge in [0.05, 0.1) is 11.2 Å². The van der Waals surface area contributed by atoms with Crippen molar-refractivity contribution in [3.63, 3.8) is 0 Å². The van der Waals surface area contributed by atoms with Gasteiger partial charge in [-0.1, -0.05) is 20.8 Å². The highest BCUT2D eigenvalue weighted by molar-refractivity contribution is 6.74. The SMILES string of the molecule is CC(C)(C)n1nc(C2CCC(O[Si](C)(C)C(C)(C)C)C2)cc1N. The van der Waals surface area contributed by atoms with Crippen LogP contribution in [0.25, 0.3) is 0 Å². The highest BCUT2D eigenvalue weighted by atomic mass is 28.4. The fraction of sp³-hybridized carbons (Fsp3) is 0.833. The lowest BCUT2D eigenvalue weighted by atomic mass is 10.0. The Bertz CT molecular complexity index is 552. The normalized spacial score (nSPS) is 23.5. The van der Waals surface area contributed by atoms with Gasteiger partial charge in [0.15, 0.2) is 8.32 Å². The van der Waals surface area contributed by atoms with E-state index in [4.69, 9.17) is 15.3 Å². The lowest BCUT2D eigenvalue weighted by Crippen LogP contribution is -2.43. The van der Waals surface area contributed by atoms with Gasteiger partial charge >= 0.3 is 0 Å². The van der Waals surface area contributed by atoms with Gasteiger partial charge in [-0.05, 0) is 58.2 Å². The summed E-state index contributed by atoms with van der Waals surface area (Å²) in [5.41, 5.74) is 7.23. The molecular formula is C18H35N3OSi. The van der Waals surface area contributed by atoms with Crippen molar-refractivity contribution in [3.05, 3.63) is 11.8 Å². The molecule has 1 aromatic heterocycles. The van der Waals surface area contributed by atoms with Crippen LogP contribution in [0.1, 0.15) is 72.4 Å². The standard InChI is InChI=1S/C18H35N3OSi/c1-17(2,3)21-16(19)12-15(20-21)13-9-10-14(11-13)22-23(7,8)18(4,5)6/h12-14H,9-11,19H2,1-8H3. The number of hydrogen-bond acceptors (Lipinski definition) is 3. The average molecular weight is 338 g/mol. The second-order valence-corrected chi connectivity index (χ2v) is 14.3. The van der Waals surface area contributed by atoms with E-state index in [0.29, 0.717) is 12.0 Å². The number of nitrogen functional groups attached to an aromatic ring is 1. The van der Waals surface area contributed by atoms with Gasteiger partial charge < -0.3 is 10.2 Å². The van der Waals surface area contributed by atoms with Crippen LogP contribution in [0.2, 0.25) is 18.1 Å². The minimum Gasteiger partial charge on any atom is -0.414 e. The van der Waals surface area contributed by atoms with Gasteiger partial charge in [-0.15, -0.1) is 0 Å². The third-order valence-electron chi connectivity index (χ3n) is 5.46. The number of aromatic nitrogens is 2. The molecule has 0 saturated heterocycles. The molecule has 1 aliphatic carbocycles. The molecule has 0 aromatic carbocycles. The van der Waals surface area contributed by atoms with Crippen LogP contribution in [-0.4, -0.2) is 24.2 Å². The Labute approximate surface area is 142 Å². The first-order valence-electron chi connectivity index (χ1n) is 8.85. The molecule has 0 spiro atoms. The molecule has 4 nitrogen and oxygen atoms in total. The zero-order valence-corrected chi connectivity index (χ0v) is 17.2.